The molecular formula is C7H12O3. The average molecular weight is 144 g/mol. The van der Waals surface area contributed by atoms with Crippen molar-refractivity contribution in [3.05, 3.63) is 0 Å². The van der Waals surface area contributed by atoms with Crippen LogP contribution in [-0.2, 0) is 4.74 Å². The number of hydrogen-bond acceptors (Lipinski definition) is 3. The molecule has 2 aliphatic heterocycles. The van der Waals surface area contributed by atoms with Crippen molar-refractivity contribution in [3.63, 3.8) is 0 Å². The summed E-state index contributed by atoms with van der Waals surface area (Å²) in [6, 6.07) is 0. The zero-order valence-corrected chi connectivity index (χ0v) is 5.73. The van der Waals surface area contributed by atoms with Crippen LogP contribution in [0.2, 0.25) is 0 Å². The second kappa shape index (κ2) is 2.19. The van der Waals surface area contributed by atoms with E-state index in [1.165, 1.54) is 0 Å². The minimum Gasteiger partial charge on any atom is -0.390 e. The fraction of sp³-hybridized carbons (Fsp3) is 1.00. The molecule has 3 heteroatoms. The molecule has 2 rings (SSSR count). The van der Waals surface area contributed by atoms with Crippen LogP contribution >= 0.6 is 0 Å². The van der Waals surface area contributed by atoms with Crippen molar-refractivity contribution in [2.45, 2.75) is 43.7 Å². The third-order valence-corrected chi connectivity index (χ3v) is 2.42. The van der Waals surface area contributed by atoms with Crippen LogP contribution in [0.5, 0.6) is 0 Å². The second-order valence-electron chi connectivity index (χ2n) is 3.17. The van der Waals surface area contributed by atoms with Gasteiger partial charge in [0, 0.05) is 6.42 Å². The molecule has 4 atom stereocenters. The number of rotatable bonds is 0. The van der Waals surface area contributed by atoms with Crippen molar-refractivity contribution in [3.8, 4) is 0 Å². The molecule has 0 aliphatic carbocycles. The fourth-order valence-corrected chi connectivity index (χ4v) is 1.81. The van der Waals surface area contributed by atoms with Crippen molar-refractivity contribution in [1.29, 1.82) is 0 Å². The number of ether oxygens (including phenoxy) is 1. The molecule has 0 aromatic carbocycles. The highest BCUT2D eigenvalue weighted by Gasteiger charge is 2.41. The Balaban J connectivity index is 2.09. The quantitative estimate of drug-likeness (QED) is 0.489. The molecule has 2 bridgehead atoms. The van der Waals surface area contributed by atoms with Crippen molar-refractivity contribution >= 4 is 0 Å². The number of fused-ring (bicyclic) bond motifs is 2. The summed E-state index contributed by atoms with van der Waals surface area (Å²) >= 11 is 0. The minimum absolute atomic E-state index is 0.0891. The first kappa shape index (κ1) is 6.58. The van der Waals surface area contributed by atoms with E-state index in [2.05, 4.69) is 0 Å². The Morgan fingerprint density at radius 1 is 1.20 bits per heavy atom. The summed E-state index contributed by atoms with van der Waals surface area (Å²) in [6.07, 6.45) is 1.45. The van der Waals surface area contributed by atoms with Crippen molar-refractivity contribution in [2.75, 3.05) is 0 Å². The molecular weight excluding hydrogens is 132 g/mol. The van der Waals surface area contributed by atoms with Gasteiger partial charge in [0.25, 0.3) is 0 Å². The van der Waals surface area contributed by atoms with E-state index in [1.807, 2.05) is 0 Å². The largest absolute Gasteiger partial charge is 0.390 e. The lowest BCUT2D eigenvalue weighted by molar-refractivity contribution is -0.136. The Morgan fingerprint density at radius 2 is 2.00 bits per heavy atom. The molecule has 1 unspecified atom stereocenters. The highest BCUT2D eigenvalue weighted by atomic mass is 16.5. The lowest BCUT2D eigenvalue weighted by Gasteiger charge is -2.29. The third-order valence-electron chi connectivity index (χ3n) is 2.42. The van der Waals surface area contributed by atoms with Gasteiger partial charge in [-0.25, -0.2) is 0 Å². The van der Waals surface area contributed by atoms with Crippen LogP contribution in [0.1, 0.15) is 19.3 Å². The molecule has 0 aromatic heterocycles. The molecule has 2 N–H and O–H groups in total. The molecule has 0 spiro atoms. The van der Waals surface area contributed by atoms with E-state index < -0.39 is 12.2 Å². The van der Waals surface area contributed by atoms with E-state index in [9.17, 15) is 10.2 Å². The molecule has 0 aromatic rings. The predicted molar refractivity (Wildman–Crippen MR) is 34.5 cm³/mol. The van der Waals surface area contributed by atoms with E-state index in [1.54, 1.807) is 0 Å². The average Bonchev–Trinajstić information content (AvgIpc) is 2.29. The van der Waals surface area contributed by atoms with Crippen LogP contribution in [0.4, 0.5) is 0 Å². The van der Waals surface area contributed by atoms with Crippen molar-refractivity contribution in [2.24, 2.45) is 0 Å². The standard InChI is InChI=1S/C7H12O3/c8-5-3-4-1-2-6(10-4)7(5)9/h4-9H,1-3H2/t4-,5-,6?,7-/m1/s1. The molecule has 2 aliphatic rings. The fourth-order valence-electron chi connectivity index (χ4n) is 1.81. The predicted octanol–water partition coefficient (Wildman–Crippen LogP) is -0.340. The first-order valence-electron chi connectivity index (χ1n) is 3.79. The van der Waals surface area contributed by atoms with Crippen LogP contribution < -0.4 is 0 Å². The van der Waals surface area contributed by atoms with Crippen LogP contribution in [0.25, 0.3) is 0 Å². The van der Waals surface area contributed by atoms with Crippen LogP contribution in [0, 0.1) is 0 Å². The number of aliphatic hydroxyl groups is 2. The molecule has 3 nitrogen and oxygen atoms in total. The van der Waals surface area contributed by atoms with Crippen molar-refractivity contribution in [1.82, 2.24) is 0 Å². The summed E-state index contributed by atoms with van der Waals surface area (Å²) in [5, 5.41) is 18.5. The molecule has 2 fully saturated rings. The van der Waals surface area contributed by atoms with Gasteiger partial charge < -0.3 is 14.9 Å². The highest BCUT2D eigenvalue weighted by molar-refractivity contribution is 4.90. The summed E-state index contributed by atoms with van der Waals surface area (Å²) in [5.74, 6) is 0. The Kier molecular flexibility index (Phi) is 1.44. The van der Waals surface area contributed by atoms with Crippen LogP contribution in [0.15, 0.2) is 0 Å². The first-order valence-corrected chi connectivity index (χ1v) is 3.79. The van der Waals surface area contributed by atoms with Gasteiger partial charge in [-0.05, 0) is 12.8 Å². The van der Waals surface area contributed by atoms with Gasteiger partial charge in [0.05, 0.1) is 18.3 Å². The van der Waals surface area contributed by atoms with E-state index in [4.69, 9.17) is 4.74 Å². The lowest BCUT2D eigenvalue weighted by Crippen LogP contribution is -2.43. The molecule has 10 heavy (non-hydrogen) atoms. The van der Waals surface area contributed by atoms with Crippen LogP contribution in [0.3, 0.4) is 0 Å². The van der Waals surface area contributed by atoms with Gasteiger partial charge in [-0.2, -0.15) is 0 Å². The van der Waals surface area contributed by atoms with Gasteiger partial charge >= 0.3 is 0 Å². The molecule has 58 valence electrons. The van der Waals surface area contributed by atoms with Gasteiger partial charge in [-0.3, -0.25) is 0 Å². The van der Waals surface area contributed by atoms with Gasteiger partial charge in [0.2, 0.25) is 0 Å². The second-order valence-corrected chi connectivity index (χ2v) is 3.17. The molecule has 2 heterocycles. The zero-order chi connectivity index (χ0) is 7.14. The summed E-state index contributed by atoms with van der Waals surface area (Å²) in [5.41, 5.74) is 0. The Morgan fingerprint density at radius 3 is 2.80 bits per heavy atom. The molecule has 0 radical (unpaired) electrons. The van der Waals surface area contributed by atoms with Gasteiger partial charge in [0.15, 0.2) is 0 Å². The smallest absolute Gasteiger partial charge is 0.106 e. The summed E-state index contributed by atoms with van der Waals surface area (Å²) in [7, 11) is 0. The monoisotopic (exact) mass is 144 g/mol. The number of aliphatic hydroxyl groups excluding tert-OH is 2. The topological polar surface area (TPSA) is 49.7 Å². The molecule has 0 amide bonds. The van der Waals surface area contributed by atoms with E-state index in [0.29, 0.717) is 6.42 Å². The maximum absolute atomic E-state index is 9.29. The molecule has 0 saturated carbocycles. The zero-order valence-electron chi connectivity index (χ0n) is 5.73. The van der Waals surface area contributed by atoms with E-state index in [-0.39, 0.29) is 12.2 Å². The highest BCUT2D eigenvalue weighted by Crippen LogP contribution is 2.32. The summed E-state index contributed by atoms with van der Waals surface area (Å²) in [4.78, 5) is 0. The number of hydrogen-bond donors (Lipinski definition) is 2. The lowest BCUT2D eigenvalue weighted by atomic mass is 10.0. The summed E-state index contributed by atoms with van der Waals surface area (Å²) < 4.78 is 5.37. The Labute approximate surface area is 59.6 Å². The minimum atomic E-state index is -0.640. The van der Waals surface area contributed by atoms with E-state index >= 15 is 0 Å². The Bertz CT molecular complexity index is 137. The first-order chi connectivity index (χ1) is 4.77. The normalized spacial score (nSPS) is 53.4. The maximum atomic E-state index is 9.29. The SMILES string of the molecule is O[C@@H]1C[C@H]2CCC(O2)[C@@H]1O. The molecule has 2 saturated heterocycles. The summed E-state index contributed by atoms with van der Waals surface area (Å²) in [6.45, 7) is 0. The van der Waals surface area contributed by atoms with Crippen LogP contribution in [-0.4, -0.2) is 34.6 Å². The van der Waals surface area contributed by atoms with Gasteiger partial charge in [0.1, 0.15) is 6.10 Å². The van der Waals surface area contributed by atoms with E-state index in [0.717, 1.165) is 12.8 Å². The van der Waals surface area contributed by atoms with Gasteiger partial charge in [-0.1, -0.05) is 0 Å². The Hall–Kier alpha value is -0.120. The third kappa shape index (κ3) is 0.856. The maximum Gasteiger partial charge on any atom is 0.106 e. The van der Waals surface area contributed by atoms with Gasteiger partial charge in [-0.15, -0.1) is 0 Å². The van der Waals surface area contributed by atoms with Crippen molar-refractivity contribution < 1.29 is 14.9 Å².